The van der Waals surface area contributed by atoms with E-state index in [2.05, 4.69) is 25.8 Å². The van der Waals surface area contributed by atoms with Crippen LogP contribution in [0, 0.1) is 5.92 Å². The highest BCUT2D eigenvalue weighted by atomic mass is 16.5. The highest BCUT2D eigenvalue weighted by Gasteiger charge is 2.35. The Kier molecular flexibility index (Phi) is 6.83. The molecule has 0 saturated heterocycles. The summed E-state index contributed by atoms with van der Waals surface area (Å²) in [7, 11) is 3.22. The van der Waals surface area contributed by atoms with Gasteiger partial charge >= 0.3 is 0 Å². The molecule has 2 amide bonds. The van der Waals surface area contributed by atoms with Crippen molar-refractivity contribution in [2.45, 2.75) is 44.6 Å². The van der Waals surface area contributed by atoms with Gasteiger partial charge in [-0.1, -0.05) is 0 Å². The highest BCUT2D eigenvalue weighted by Crippen LogP contribution is 2.27. The number of H-pyrrole nitrogens is 2. The Labute approximate surface area is 163 Å². The third-order valence-corrected chi connectivity index (χ3v) is 5.05. The summed E-state index contributed by atoms with van der Waals surface area (Å²) in [6.07, 6.45) is 3.45. The van der Waals surface area contributed by atoms with Crippen LogP contribution in [0.3, 0.4) is 0 Å². The average molecular weight is 389 g/mol. The summed E-state index contributed by atoms with van der Waals surface area (Å²) >= 11 is 0. The lowest BCUT2D eigenvalue weighted by Crippen LogP contribution is -2.49. The van der Waals surface area contributed by atoms with Crippen LogP contribution in [0.25, 0.3) is 0 Å². The number of aromatic nitrogens is 3. The first-order valence-electron chi connectivity index (χ1n) is 9.37. The molecule has 1 aliphatic rings. The molecule has 1 fully saturated rings. The van der Waals surface area contributed by atoms with Crippen LogP contribution >= 0.6 is 0 Å². The molecule has 1 aliphatic carbocycles. The second-order valence-electron chi connectivity index (χ2n) is 6.98. The Bertz CT molecular complexity index is 773. The maximum Gasteiger partial charge on any atom is 0.267 e. The van der Waals surface area contributed by atoms with E-state index in [0.29, 0.717) is 38.1 Å². The van der Waals surface area contributed by atoms with Gasteiger partial charge in [-0.05, 0) is 37.5 Å². The molecule has 3 atom stereocenters. The molecule has 2 aromatic rings. The third kappa shape index (κ3) is 4.99. The van der Waals surface area contributed by atoms with Crippen LogP contribution in [0.1, 0.15) is 41.1 Å². The fraction of sp³-hybridized carbons (Fsp3) is 0.526. The minimum absolute atomic E-state index is 0.0147. The molecular weight excluding hydrogens is 362 g/mol. The topological polar surface area (TPSA) is 121 Å². The molecule has 0 bridgehead atoms. The summed E-state index contributed by atoms with van der Waals surface area (Å²) in [5.41, 5.74) is 2.14. The van der Waals surface area contributed by atoms with Gasteiger partial charge in [-0.15, -0.1) is 0 Å². The molecule has 4 N–H and O–H groups in total. The molecule has 0 spiro atoms. The zero-order chi connectivity index (χ0) is 19.9. The van der Waals surface area contributed by atoms with Gasteiger partial charge in [-0.25, -0.2) is 0 Å². The number of hydrogen-bond acceptors (Lipinski definition) is 5. The molecule has 2 heterocycles. The van der Waals surface area contributed by atoms with Gasteiger partial charge in [-0.3, -0.25) is 14.7 Å². The number of amides is 2. The van der Waals surface area contributed by atoms with Crippen molar-refractivity contribution in [3.8, 4) is 0 Å². The Balaban J connectivity index is 1.49. The number of carbonyl (C=O) groups excluding carboxylic acids is 2. The summed E-state index contributed by atoms with van der Waals surface area (Å²) in [5.74, 6) is -0.324. The maximum absolute atomic E-state index is 12.6. The quantitative estimate of drug-likeness (QED) is 0.539. The molecule has 152 valence electrons. The highest BCUT2D eigenvalue weighted by molar-refractivity contribution is 5.92. The van der Waals surface area contributed by atoms with E-state index in [1.807, 2.05) is 6.07 Å². The number of nitrogens with zero attached hydrogens (tertiary/aromatic N) is 1. The molecule has 1 saturated carbocycles. The van der Waals surface area contributed by atoms with E-state index in [9.17, 15) is 9.59 Å². The first kappa shape index (κ1) is 20.1. The van der Waals surface area contributed by atoms with Gasteiger partial charge in [-0.2, -0.15) is 5.10 Å². The van der Waals surface area contributed by atoms with Crippen molar-refractivity contribution in [3.05, 3.63) is 41.5 Å². The van der Waals surface area contributed by atoms with Crippen LogP contribution < -0.4 is 10.6 Å². The van der Waals surface area contributed by atoms with E-state index in [-0.39, 0.29) is 29.9 Å². The van der Waals surface area contributed by atoms with Crippen molar-refractivity contribution in [3.63, 3.8) is 0 Å². The average Bonchev–Trinajstić information content (AvgIpc) is 3.39. The number of nitrogens with one attached hydrogen (secondary N) is 4. The number of rotatable bonds is 8. The molecule has 9 heteroatoms. The van der Waals surface area contributed by atoms with Crippen LogP contribution in [0.4, 0.5) is 0 Å². The molecule has 0 unspecified atom stereocenters. The molecular formula is C19H27N5O4. The molecule has 28 heavy (non-hydrogen) atoms. The number of ether oxygens (including phenoxy) is 2. The smallest absolute Gasteiger partial charge is 0.267 e. The molecule has 9 nitrogen and oxygen atoms in total. The van der Waals surface area contributed by atoms with Crippen LogP contribution in [0.5, 0.6) is 0 Å². The zero-order valence-corrected chi connectivity index (χ0v) is 16.2. The SMILES string of the molecule is COCc1cc(CNC(=O)[C@H]2CC[C@H](NC(=O)c3ccc[nH]3)[C@@H](OC)C2)[nH]n1. The Hall–Kier alpha value is -2.65. The lowest BCUT2D eigenvalue weighted by Gasteiger charge is -2.35. The van der Waals surface area contributed by atoms with Gasteiger partial charge in [0.2, 0.25) is 5.91 Å². The van der Waals surface area contributed by atoms with Crippen molar-refractivity contribution < 1.29 is 19.1 Å². The molecule has 3 rings (SSSR count). The Morgan fingerprint density at radius 1 is 1.32 bits per heavy atom. The summed E-state index contributed by atoms with van der Waals surface area (Å²) in [6, 6.07) is 5.26. The van der Waals surface area contributed by atoms with Crippen molar-refractivity contribution in [2.75, 3.05) is 14.2 Å². The van der Waals surface area contributed by atoms with Gasteiger partial charge in [0, 0.05) is 26.3 Å². The van der Waals surface area contributed by atoms with Crippen molar-refractivity contribution >= 4 is 11.8 Å². The largest absolute Gasteiger partial charge is 0.379 e. The number of carbonyl (C=O) groups is 2. The second kappa shape index (κ2) is 9.52. The van der Waals surface area contributed by atoms with Gasteiger partial charge in [0.15, 0.2) is 0 Å². The van der Waals surface area contributed by atoms with Gasteiger partial charge in [0.1, 0.15) is 5.69 Å². The van der Waals surface area contributed by atoms with E-state index < -0.39 is 0 Å². The van der Waals surface area contributed by atoms with Gasteiger partial charge in [0.25, 0.3) is 5.91 Å². The normalized spacial score (nSPS) is 22.0. The monoisotopic (exact) mass is 389 g/mol. The van der Waals surface area contributed by atoms with Crippen LogP contribution in [-0.2, 0) is 27.4 Å². The third-order valence-electron chi connectivity index (χ3n) is 5.05. The summed E-state index contributed by atoms with van der Waals surface area (Å²) in [6.45, 7) is 0.814. The van der Waals surface area contributed by atoms with Crippen LogP contribution in [0.15, 0.2) is 24.4 Å². The van der Waals surface area contributed by atoms with Crippen LogP contribution in [-0.4, -0.2) is 53.4 Å². The predicted molar refractivity (Wildman–Crippen MR) is 101 cm³/mol. The summed E-state index contributed by atoms with van der Waals surface area (Å²) < 4.78 is 10.6. The standard InChI is InChI=1S/C19H27N5O4/c1-27-11-14-9-13(23-24-14)10-21-18(25)12-5-6-15(17(8-12)28-2)22-19(26)16-4-3-7-20-16/h3-4,7,9,12,15,17,20H,5-6,8,10-11H2,1-2H3,(H,21,25)(H,22,26)(H,23,24)/t12-,15-,17-/m0/s1. The van der Waals surface area contributed by atoms with Crippen LogP contribution in [0.2, 0.25) is 0 Å². The lowest BCUT2D eigenvalue weighted by atomic mass is 9.83. The van der Waals surface area contributed by atoms with Gasteiger partial charge < -0.3 is 25.1 Å². The fourth-order valence-electron chi connectivity index (χ4n) is 3.56. The van der Waals surface area contributed by atoms with E-state index in [1.165, 1.54) is 0 Å². The molecule has 0 aliphatic heterocycles. The van der Waals surface area contributed by atoms with Crippen molar-refractivity contribution in [2.24, 2.45) is 5.92 Å². The molecule has 0 radical (unpaired) electrons. The van der Waals surface area contributed by atoms with E-state index in [1.54, 1.807) is 32.5 Å². The first-order valence-corrected chi connectivity index (χ1v) is 9.37. The molecule has 0 aromatic carbocycles. The first-order chi connectivity index (χ1) is 13.6. The summed E-state index contributed by atoms with van der Waals surface area (Å²) in [4.78, 5) is 27.7. The van der Waals surface area contributed by atoms with E-state index >= 15 is 0 Å². The number of hydrogen-bond donors (Lipinski definition) is 4. The predicted octanol–water partition coefficient (Wildman–Crippen LogP) is 1.11. The second-order valence-corrected chi connectivity index (χ2v) is 6.98. The maximum atomic E-state index is 12.6. The molecule has 2 aromatic heterocycles. The zero-order valence-electron chi connectivity index (χ0n) is 16.2. The van der Waals surface area contributed by atoms with E-state index in [0.717, 1.165) is 11.4 Å². The van der Waals surface area contributed by atoms with E-state index in [4.69, 9.17) is 9.47 Å². The Morgan fingerprint density at radius 2 is 2.18 bits per heavy atom. The Morgan fingerprint density at radius 3 is 2.89 bits per heavy atom. The van der Waals surface area contributed by atoms with Crippen molar-refractivity contribution in [1.82, 2.24) is 25.8 Å². The van der Waals surface area contributed by atoms with Crippen molar-refractivity contribution in [1.29, 1.82) is 0 Å². The lowest BCUT2D eigenvalue weighted by molar-refractivity contribution is -0.128. The number of aromatic amines is 2. The number of methoxy groups -OCH3 is 2. The summed E-state index contributed by atoms with van der Waals surface area (Å²) in [5, 5.41) is 13.0. The minimum atomic E-state index is -0.205. The minimum Gasteiger partial charge on any atom is -0.379 e. The van der Waals surface area contributed by atoms with Gasteiger partial charge in [0.05, 0.1) is 36.7 Å². The fourth-order valence-corrected chi connectivity index (χ4v) is 3.56.